The molecule has 0 aliphatic rings. The van der Waals surface area contributed by atoms with Gasteiger partial charge in [0.25, 0.3) is 0 Å². The van der Waals surface area contributed by atoms with Gasteiger partial charge in [0.1, 0.15) is 16.6 Å². The maximum Gasteiger partial charge on any atom is 0.143 e. The molecule has 0 aliphatic heterocycles. The Balaban J connectivity index is 2.39. The predicted octanol–water partition coefficient (Wildman–Crippen LogP) is 1.74. The SMILES string of the molecule is CC(C)(C)OCc1nnc(CCCN)s1. The molecule has 15 heavy (non-hydrogen) atoms. The van der Waals surface area contributed by atoms with E-state index in [0.717, 1.165) is 22.9 Å². The third-order valence-corrected chi connectivity index (χ3v) is 2.69. The molecular weight excluding hydrogens is 210 g/mol. The van der Waals surface area contributed by atoms with Gasteiger partial charge in [-0.1, -0.05) is 11.3 Å². The minimum absolute atomic E-state index is 0.122. The van der Waals surface area contributed by atoms with Crippen LogP contribution in [0.3, 0.4) is 0 Å². The van der Waals surface area contributed by atoms with Gasteiger partial charge in [0.2, 0.25) is 0 Å². The van der Waals surface area contributed by atoms with Gasteiger partial charge >= 0.3 is 0 Å². The first-order chi connectivity index (χ1) is 7.01. The van der Waals surface area contributed by atoms with E-state index in [4.69, 9.17) is 10.5 Å². The van der Waals surface area contributed by atoms with Crippen molar-refractivity contribution in [3.63, 3.8) is 0 Å². The molecule has 0 amide bonds. The van der Waals surface area contributed by atoms with Gasteiger partial charge in [-0.05, 0) is 33.7 Å². The smallest absolute Gasteiger partial charge is 0.143 e. The van der Waals surface area contributed by atoms with Crippen LogP contribution in [0, 0.1) is 0 Å². The lowest BCUT2D eigenvalue weighted by Crippen LogP contribution is -2.18. The van der Waals surface area contributed by atoms with Gasteiger partial charge in [-0.2, -0.15) is 0 Å². The number of nitrogens with two attached hydrogens (primary N) is 1. The Labute approximate surface area is 94.9 Å². The Kier molecular flexibility index (Phi) is 4.63. The Morgan fingerprint density at radius 3 is 2.53 bits per heavy atom. The predicted molar refractivity (Wildman–Crippen MR) is 61.8 cm³/mol. The summed E-state index contributed by atoms with van der Waals surface area (Å²) in [6.07, 6.45) is 1.89. The molecule has 2 N–H and O–H groups in total. The third kappa shape index (κ3) is 5.20. The second-order valence-corrected chi connectivity index (χ2v) is 5.53. The van der Waals surface area contributed by atoms with Crippen LogP contribution in [0.25, 0.3) is 0 Å². The largest absolute Gasteiger partial charge is 0.369 e. The molecule has 0 saturated heterocycles. The molecule has 0 aromatic carbocycles. The highest BCUT2D eigenvalue weighted by atomic mass is 32.1. The molecule has 0 aliphatic carbocycles. The summed E-state index contributed by atoms with van der Waals surface area (Å²) in [6, 6.07) is 0. The summed E-state index contributed by atoms with van der Waals surface area (Å²) in [4.78, 5) is 0. The van der Waals surface area contributed by atoms with E-state index in [1.54, 1.807) is 11.3 Å². The molecule has 5 heteroatoms. The lowest BCUT2D eigenvalue weighted by molar-refractivity contribution is -0.0152. The Hall–Kier alpha value is -0.520. The van der Waals surface area contributed by atoms with E-state index in [9.17, 15) is 0 Å². The average molecular weight is 229 g/mol. The summed E-state index contributed by atoms with van der Waals surface area (Å²) in [5.74, 6) is 0. The second-order valence-electron chi connectivity index (χ2n) is 4.38. The minimum Gasteiger partial charge on any atom is -0.369 e. The fraction of sp³-hybridized carbons (Fsp3) is 0.800. The average Bonchev–Trinajstić information content (AvgIpc) is 2.58. The maximum atomic E-state index is 5.62. The molecule has 1 aromatic heterocycles. The van der Waals surface area contributed by atoms with Crippen molar-refractivity contribution in [1.29, 1.82) is 0 Å². The Morgan fingerprint density at radius 2 is 1.93 bits per heavy atom. The van der Waals surface area contributed by atoms with E-state index < -0.39 is 0 Å². The molecule has 0 radical (unpaired) electrons. The van der Waals surface area contributed by atoms with Crippen LogP contribution in [0.5, 0.6) is 0 Å². The summed E-state index contributed by atoms with van der Waals surface area (Å²) in [6.45, 7) is 7.34. The summed E-state index contributed by atoms with van der Waals surface area (Å²) in [7, 11) is 0. The normalized spacial score (nSPS) is 12.0. The summed E-state index contributed by atoms with van der Waals surface area (Å²) in [5.41, 5.74) is 5.31. The van der Waals surface area contributed by atoms with Gasteiger partial charge < -0.3 is 10.5 Å². The highest BCUT2D eigenvalue weighted by Gasteiger charge is 2.12. The monoisotopic (exact) mass is 229 g/mol. The van der Waals surface area contributed by atoms with E-state index in [1.807, 2.05) is 20.8 Å². The number of aromatic nitrogens is 2. The Morgan fingerprint density at radius 1 is 1.27 bits per heavy atom. The van der Waals surface area contributed by atoms with Gasteiger partial charge in [0.15, 0.2) is 0 Å². The van der Waals surface area contributed by atoms with Crippen LogP contribution >= 0.6 is 11.3 Å². The van der Waals surface area contributed by atoms with E-state index in [-0.39, 0.29) is 5.60 Å². The minimum atomic E-state index is -0.122. The van der Waals surface area contributed by atoms with Crippen molar-refractivity contribution in [3.8, 4) is 0 Å². The first kappa shape index (κ1) is 12.5. The highest BCUT2D eigenvalue weighted by Crippen LogP contribution is 2.16. The van der Waals surface area contributed by atoms with Gasteiger partial charge in [0, 0.05) is 6.42 Å². The molecule has 86 valence electrons. The number of hydrogen-bond acceptors (Lipinski definition) is 5. The van der Waals surface area contributed by atoms with Gasteiger partial charge in [0.05, 0.1) is 5.60 Å². The number of rotatable bonds is 5. The first-order valence-corrected chi connectivity index (χ1v) is 5.98. The van der Waals surface area contributed by atoms with Crippen molar-refractivity contribution >= 4 is 11.3 Å². The molecule has 4 nitrogen and oxygen atoms in total. The lowest BCUT2D eigenvalue weighted by Gasteiger charge is -2.17. The van der Waals surface area contributed by atoms with Crippen LogP contribution in [0.15, 0.2) is 0 Å². The first-order valence-electron chi connectivity index (χ1n) is 5.16. The summed E-state index contributed by atoms with van der Waals surface area (Å²) < 4.78 is 5.62. The zero-order chi connectivity index (χ0) is 11.3. The van der Waals surface area contributed by atoms with E-state index >= 15 is 0 Å². The molecule has 1 aromatic rings. The molecule has 0 saturated carbocycles. The van der Waals surface area contributed by atoms with Crippen molar-refractivity contribution < 1.29 is 4.74 Å². The van der Waals surface area contributed by atoms with Crippen LogP contribution in [-0.2, 0) is 17.8 Å². The van der Waals surface area contributed by atoms with Crippen LogP contribution in [0.1, 0.15) is 37.2 Å². The molecule has 1 rings (SSSR count). The molecule has 1 heterocycles. The molecular formula is C10H19N3OS. The molecule has 0 bridgehead atoms. The van der Waals surface area contributed by atoms with E-state index in [0.29, 0.717) is 13.2 Å². The molecule has 0 spiro atoms. The molecule has 0 unspecified atom stereocenters. The van der Waals surface area contributed by atoms with Crippen LogP contribution in [0.4, 0.5) is 0 Å². The highest BCUT2D eigenvalue weighted by molar-refractivity contribution is 7.11. The number of aryl methyl sites for hydroxylation is 1. The van der Waals surface area contributed by atoms with E-state index in [2.05, 4.69) is 10.2 Å². The zero-order valence-electron chi connectivity index (χ0n) is 9.62. The van der Waals surface area contributed by atoms with Gasteiger partial charge in [-0.25, -0.2) is 0 Å². The number of hydrogen-bond donors (Lipinski definition) is 1. The summed E-state index contributed by atoms with van der Waals surface area (Å²) >= 11 is 1.61. The molecule has 0 fully saturated rings. The van der Waals surface area contributed by atoms with Crippen LogP contribution in [0.2, 0.25) is 0 Å². The Bertz CT molecular complexity index is 293. The van der Waals surface area contributed by atoms with Crippen molar-refractivity contribution in [2.45, 2.75) is 45.8 Å². The topological polar surface area (TPSA) is 61.0 Å². The van der Waals surface area contributed by atoms with Gasteiger partial charge in [-0.3, -0.25) is 0 Å². The van der Waals surface area contributed by atoms with Crippen molar-refractivity contribution in [3.05, 3.63) is 10.0 Å². The van der Waals surface area contributed by atoms with Crippen LogP contribution in [-0.4, -0.2) is 22.3 Å². The van der Waals surface area contributed by atoms with Crippen LogP contribution < -0.4 is 5.73 Å². The second kappa shape index (κ2) is 5.53. The fourth-order valence-electron chi connectivity index (χ4n) is 0.979. The molecule has 0 atom stereocenters. The summed E-state index contributed by atoms with van der Waals surface area (Å²) in [5, 5.41) is 10.2. The lowest BCUT2D eigenvalue weighted by atomic mass is 10.2. The quantitative estimate of drug-likeness (QED) is 0.835. The van der Waals surface area contributed by atoms with Crippen molar-refractivity contribution in [1.82, 2.24) is 10.2 Å². The van der Waals surface area contributed by atoms with Crippen molar-refractivity contribution in [2.24, 2.45) is 5.73 Å². The standard InChI is InChI=1S/C10H19N3OS/c1-10(2,3)14-7-9-13-12-8(15-9)5-4-6-11/h4-7,11H2,1-3H3. The third-order valence-electron chi connectivity index (χ3n) is 1.73. The van der Waals surface area contributed by atoms with Crippen molar-refractivity contribution in [2.75, 3.05) is 6.54 Å². The fourth-order valence-corrected chi connectivity index (χ4v) is 1.78. The maximum absolute atomic E-state index is 5.62. The zero-order valence-corrected chi connectivity index (χ0v) is 10.4. The number of ether oxygens (including phenoxy) is 1. The van der Waals surface area contributed by atoms with Gasteiger partial charge in [-0.15, -0.1) is 10.2 Å². The van der Waals surface area contributed by atoms with E-state index in [1.165, 1.54) is 0 Å². The number of nitrogens with zero attached hydrogens (tertiary/aromatic N) is 2.